The third-order valence-electron chi connectivity index (χ3n) is 13.6. The molecule has 3 N–H and O–H groups in total. The lowest BCUT2D eigenvalue weighted by atomic mass is 9.92. The first-order valence-electron chi connectivity index (χ1n) is 28.5. The van der Waals surface area contributed by atoms with E-state index in [1.807, 2.05) is 18.9 Å². The minimum absolute atomic E-state index is 0.00876. The molecule has 72 heavy (non-hydrogen) atoms. The predicted octanol–water partition coefficient (Wildman–Crippen LogP) is 5.58. The maximum Gasteiger partial charge on any atom is 0.302 e. The topological polar surface area (TPSA) is 208 Å². The Balaban J connectivity index is 0.000000177. The number of H-pyrrole nitrogens is 3. The van der Waals surface area contributed by atoms with Crippen molar-refractivity contribution in [1.29, 1.82) is 0 Å². The van der Waals surface area contributed by atoms with E-state index in [4.69, 9.17) is 33.4 Å². The number of aromatic amines is 3. The second-order valence-electron chi connectivity index (χ2n) is 18.4. The molecular formula is C51H66N18O3. The van der Waals surface area contributed by atoms with Crippen molar-refractivity contribution in [3.63, 3.8) is 0 Å². The number of carbonyl (C=O) groups is 3. The van der Waals surface area contributed by atoms with Gasteiger partial charge in [-0.2, -0.15) is 0 Å². The van der Waals surface area contributed by atoms with Gasteiger partial charge in [-0.3, -0.25) is 14.4 Å². The number of nitrogens with one attached hydrogen (secondary N) is 3. The Morgan fingerprint density at radius 2 is 0.931 bits per heavy atom. The molecule has 3 saturated heterocycles. The third-order valence-corrected chi connectivity index (χ3v) is 13.6. The van der Waals surface area contributed by atoms with Crippen LogP contribution in [0.15, 0.2) is 37.0 Å². The molecule has 3 aliphatic rings. The number of piperidine rings is 3. The van der Waals surface area contributed by atoms with Gasteiger partial charge < -0.3 is 58.9 Å². The Morgan fingerprint density at radius 1 is 0.597 bits per heavy atom. The number of nitrogens with zero attached hydrogens (tertiary/aromatic N) is 15. The quantitative estimate of drug-likeness (QED) is 0.152. The van der Waals surface area contributed by atoms with Gasteiger partial charge in [0.05, 0.1) is 38.4 Å². The van der Waals surface area contributed by atoms with Crippen LogP contribution < -0.4 is 14.7 Å². The Labute approximate surface area is 434 Å². The summed E-state index contributed by atoms with van der Waals surface area (Å²) in [5.41, 5.74) is 3.13. The summed E-state index contributed by atoms with van der Waals surface area (Å²) >= 11 is 0. The molecule has 6 aromatic heterocycles. The fourth-order valence-electron chi connectivity index (χ4n) is 9.50. The van der Waals surface area contributed by atoms with Crippen molar-refractivity contribution in [1.82, 2.24) is 59.6 Å². The number of aryl methyl sites for hydroxylation is 3. The first-order valence-corrected chi connectivity index (χ1v) is 23.5. The van der Waals surface area contributed by atoms with E-state index in [0.717, 1.165) is 6.42 Å². The molecule has 0 aromatic carbocycles. The van der Waals surface area contributed by atoms with E-state index in [1.165, 1.54) is 4.90 Å². The van der Waals surface area contributed by atoms with E-state index >= 15 is 0 Å². The summed E-state index contributed by atoms with van der Waals surface area (Å²) in [6, 6.07) is -0.248. The Hall–Kier alpha value is -7.86. The van der Waals surface area contributed by atoms with Gasteiger partial charge in [0.15, 0.2) is 0 Å². The zero-order valence-corrected chi connectivity index (χ0v) is 41.8. The molecule has 0 spiro atoms. The van der Waals surface area contributed by atoms with E-state index in [2.05, 4.69) is 66.3 Å². The molecule has 0 radical (unpaired) electrons. The molecule has 0 aliphatic carbocycles. The molecule has 21 heteroatoms. The van der Waals surface area contributed by atoms with Crippen LogP contribution in [0.1, 0.15) is 70.8 Å². The van der Waals surface area contributed by atoms with Crippen LogP contribution in [0.3, 0.4) is 0 Å². The summed E-state index contributed by atoms with van der Waals surface area (Å²) in [5.74, 6) is -0.777. The van der Waals surface area contributed by atoms with Gasteiger partial charge in [-0.1, -0.05) is 20.7 Å². The minimum Gasteiger partial charge on any atom is -0.354 e. The second-order valence-corrected chi connectivity index (χ2v) is 18.4. The SMILES string of the molecule is [2H]c1nc(N(C)[C@H]2CN(C(=O)C[N+]#[C-])CC[C@@]2([2H])C)c2c([2H])c(C)[nH]c2n1.[2H]c1nc(N(C)[C@H]2CN(C(=O)C[N+]#[C-])CC[C@H]2C([2H])([2H])[2H])c2c([2H])c(C)[nH]c2n1.[2H]c1nc(N(C)[C@H]2CN(C(=O)C[N+]#[C-])CC[C@H]2C)c2c([2H])c(C)[nH]c2n1. The normalized spacial score (nSPS) is 24.0. The first kappa shape index (κ1) is 39.8. The van der Waals surface area contributed by atoms with E-state index in [-0.39, 0.29) is 99.7 Å². The van der Waals surface area contributed by atoms with E-state index < -0.39 is 30.7 Å². The van der Waals surface area contributed by atoms with Crippen molar-refractivity contribution < 1.29 is 28.1 Å². The van der Waals surface area contributed by atoms with Gasteiger partial charge in [0.2, 0.25) is 0 Å². The number of hydrogen-bond acceptors (Lipinski definition) is 12. The molecule has 0 unspecified atom stereocenters. The summed E-state index contributed by atoms with van der Waals surface area (Å²) in [5, 5.41) is 1.51. The number of fused-ring (bicyclic) bond motifs is 3. The summed E-state index contributed by atoms with van der Waals surface area (Å²) in [6.07, 6.45) is 1.03. The van der Waals surface area contributed by atoms with Crippen LogP contribution in [0.2, 0.25) is 0 Å². The van der Waals surface area contributed by atoms with E-state index in [0.29, 0.717) is 106 Å². The van der Waals surface area contributed by atoms with Crippen molar-refractivity contribution >= 4 is 68.3 Å². The molecule has 21 nitrogen and oxygen atoms in total. The minimum atomic E-state index is -2.25. The van der Waals surface area contributed by atoms with E-state index in [1.54, 1.807) is 54.5 Å². The van der Waals surface area contributed by atoms with Gasteiger partial charge in [0.25, 0.3) is 19.6 Å². The standard InChI is InChI=1S/3C17H22N6O/c3*1-11-5-6-23(15(24)8-18-3)9-14(11)22(4)17-13-7-12(2)21-16(13)19-10-20-17/h3*7,10-11,14H,5-6,8-9H2,1-2,4H3,(H,19,20,21)/t3*11-,14+/m111/s1/i7D,10D,11D;1D3,7D,10D;7D,10D. The number of aromatic nitrogens is 9. The Kier molecular flexibility index (Phi) is 12.7. The number of hydrogen-bond donors (Lipinski definition) is 3. The lowest BCUT2D eigenvalue weighted by Gasteiger charge is -2.41. The molecule has 3 aliphatic heterocycles. The predicted molar refractivity (Wildman–Crippen MR) is 278 cm³/mol. The lowest BCUT2D eigenvalue weighted by Crippen LogP contribution is -2.53. The summed E-state index contributed by atoms with van der Waals surface area (Å²) < 4.78 is 81.2. The van der Waals surface area contributed by atoms with Crippen LogP contribution in [0.4, 0.5) is 17.5 Å². The van der Waals surface area contributed by atoms with Crippen LogP contribution in [0, 0.1) is 58.2 Å². The zero-order chi connectivity index (χ0) is 60.4. The van der Waals surface area contributed by atoms with Gasteiger partial charge in [-0.25, -0.2) is 49.6 Å². The molecule has 6 aromatic rings. The van der Waals surface area contributed by atoms with Crippen molar-refractivity contribution in [2.75, 3.05) is 94.7 Å². The van der Waals surface area contributed by atoms with Gasteiger partial charge >= 0.3 is 17.7 Å². The van der Waals surface area contributed by atoms with Crippen molar-refractivity contribution in [3.8, 4) is 0 Å². The summed E-state index contributed by atoms with van der Waals surface area (Å²) in [4.78, 5) is 90.1. The van der Waals surface area contributed by atoms with Gasteiger partial charge in [-0.05, 0) is 75.9 Å². The average Bonchev–Trinajstić information content (AvgIpc) is 4.15. The highest BCUT2D eigenvalue weighted by molar-refractivity contribution is 5.90. The number of rotatable bonds is 9. The van der Waals surface area contributed by atoms with Crippen LogP contribution in [-0.4, -0.2) is 175 Å². The monoisotopic (exact) mass is 989 g/mol. The molecule has 0 saturated carbocycles. The number of amides is 3. The largest absolute Gasteiger partial charge is 0.354 e. The van der Waals surface area contributed by atoms with Crippen LogP contribution >= 0.6 is 0 Å². The summed E-state index contributed by atoms with van der Waals surface area (Å²) in [6.45, 7) is 29.4. The Morgan fingerprint density at radius 3 is 1.31 bits per heavy atom. The highest BCUT2D eigenvalue weighted by atomic mass is 16.2. The smallest absolute Gasteiger partial charge is 0.302 e. The first-order chi connectivity index (χ1) is 38.5. The van der Waals surface area contributed by atoms with E-state index in [9.17, 15) is 14.4 Å². The third kappa shape index (κ3) is 11.5. The number of likely N-dealkylation sites (N-methyl/N-ethyl adjacent to an activating group) is 3. The maximum atomic E-state index is 12.2. The average molecular weight is 989 g/mol. The maximum absolute atomic E-state index is 12.2. The summed E-state index contributed by atoms with van der Waals surface area (Å²) in [7, 11) is 5.31. The van der Waals surface area contributed by atoms with Crippen LogP contribution in [0.5, 0.6) is 0 Å². The van der Waals surface area contributed by atoms with Crippen molar-refractivity contribution in [2.24, 2.45) is 17.7 Å². The fraction of sp³-hybridized carbons (Fsp3) is 0.529. The van der Waals surface area contributed by atoms with Crippen LogP contribution in [0.25, 0.3) is 47.6 Å². The molecule has 3 amide bonds. The fourth-order valence-corrected chi connectivity index (χ4v) is 9.50. The number of likely N-dealkylation sites (tertiary alicyclic amines) is 3. The van der Waals surface area contributed by atoms with Crippen molar-refractivity contribution in [3.05, 3.63) is 88.4 Å². The van der Waals surface area contributed by atoms with Crippen molar-refractivity contribution in [2.45, 2.75) is 78.9 Å². The molecule has 6 atom stereocenters. The number of carbonyl (C=O) groups excluding carboxylic acids is 3. The molecule has 9 heterocycles. The molecule has 3 fully saturated rings. The van der Waals surface area contributed by atoms with Gasteiger partial charge in [-0.15, -0.1) is 0 Å². The molecule has 378 valence electrons. The highest BCUT2D eigenvalue weighted by Crippen LogP contribution is 2.32. The van der Waals surface area contributed by atoms with Gasteiger partial charge in [0, 0.05) is 83.0 Å². The number of anilines is 3. The van der Waals surface area contributed by atoms with Gasteiger partial charge in [0.1, 0.15) is 57.4 Å². The zero-order valence-electron chi connectivity index (χ0n) is 51.8. The Bertz CT molecular complexity index is 3530. The molecular weight excluding hydrogens is 913 g/mol. The lowest BCUT2D eigenvalue weighted by molar-refractivity contribution is -0.131. The van der Waals surface area contributed by atoms with Crippen LogP contribution in [-0.2, 0) is 14.4 Å². The molecule has 9 rings (SSSR count). The molecule has 0 bridgehead atoms. The highest BCUT2D eigenvalue weighted by Gasteiger charge is 2.36. The second kappa shape index (κ2) is 22.9.